The van der Waals surface area contributed by atoms with Gasteiger partial charge in [-0.1, -0.05) is 0 Å². The SMILES string of the molecule is CC1=NC=CC(=O)C1[N+](=O)[O-]. The summed E-state index contributed by atoms with van der Waals surface area (Å²) in [6.45, 7) is 1.47. The maximum atomic E-state index is 10.8. The second-order valence-corrected chi connectivity index (χ2v) is 2.18. The molecule has 0 spiro atoms. The average molecular weight is 154 g/mol. The van der Waals surface area contributed by atoms with Crippen LogP contribution in [0, 0.1) is 10.1 Å². The Labute approximate surface area is 62.6 Å². The van der Waals surface area contributed by atoms with Gasteiger partial charge in [-0.05, 0) is 6.92 Å². The number of hydrogen-bond donors (Lipinski definition) is 0. The van der Waals surface area contributed by atoms with E-state index in [4.69, 9.17) is 0 Å². The van der Waals surface area contributed by atoms with Crippen LogP contribution < -0.4 is 0 Å². The summed E-state index contributed by atoms with van der Waals surface area (Å²) >= 11 is 0. The highest BCUT2D eigenvalue weighted by molar-refractivity contribution is 6.12. The highest BCUT2D eigenvalue weighted by Gasteiger charge is 2.32. The molecule has 0 amide bonds. The van der Waals surface area contributed by atoms with Crippen LogP contribution in [0.5, 0.6) is 0 Å². The predicted molar refractivity (Wildman–Crippen MR) is 38.0 cm³/mol. The van der Waals surface area contributed by atoms with Gasteiger partial charge in [-0.2, -0.15) is 0 Å². The standard InChI is InChI=1S/C6H6N2O3/c1-4-6(8(10)11)5(9)2-3-7-4/h2-3,6H,1H3. The Bertz CT molecular complexity index is 267. The number of carbonyl (C=O) groups is 1. The van der Waals surface area contributed by atoms with Gasteiger partial charge in [0, 0.05) is 17.2 Å². The molecule has 0 aromatic carbocycles. The fourth-order valence-corrected chi connectivity index (χ4v) is 0.852. The summed E-state index contributed by atoms with van der Waals surface area (Å²) in [6, 6.07) is -1.26. The second-order valence-electron chi connectivity index (χ2n) is 2.18. The van der Waals surface area contributed by atoms with Crippen LogP contribution in [0.3, 0.4) is 0 Å². The lowest BCUT2D eigenvalue weighted by atomic mass is 10.1. The number of carbonyl (C=O) groups excluding carboxylic acids is 1. The summed E-state index contributed by atoms with van der Waals surface area (Å²) in [4.78, 5) is 24.1. The van der Waals surface area contributed by atoms with E-state index >= 15 is 0 Å². The molecule has 11 heavy (non-hydrogen) atoms. The van der Waals surface area contributed by atoms with Gasteiger partial charge in [0.1, 0.15) is 0 Å². The first-order valence-corrected chi connectivity index (χ1v) is 3.01. The van der Waals surface area contributed by atoms with Gasteiger partial charge in [-0.25, -0.2) is 0 Å². The number of hydrogen-bond acceptors (Lipinski definition) is 4. The molecule has 5 heteroatoms. The summed E-state index contributed by atoms with van der Waals surface area (Å²) in [5.41, 5.74) is 0.238. The van der Waals surface area contributed by atoms with Crippen LogP contribution in [0.4, 0.5) is 0 Å². The van der Waals surface area contributed by atoms with Gasteiger partial charge in [0.05, 0.1) is 5.71 Å². The van der Waals surface area contributed by atoms with E-state index in [1.165, 1.54) is 13.1 Å². The third-order valence-electron chi connectivity index (χ3n) is 1.39. The molecular formula is C6H6N2O3. The third kappa shape index (κ3) is 1.31. The lowest BCUT2D eigenvalue weighted by Crippen LogP contribution is -2.36. The average Bonchev–Trinajstić information content (AvgIpc) is 1.85. The molecule has 0 fully saturated rings. The van der Waals surface area contributed by atoms with Gasteiger partial charge < -0.3 is 0 Å². The molecule has 0 aromatic heterocycles. The van der Waals surface area contributed by atoms with Crippen LogP contribution in [0.1, 0.15) is 6.92 Å². The number of aliphatic imine (C=N–C) groups is 1. The summed E-state index contributed by atoms with van der Waals surface area (Å²) in [6.07, 6.45) is 2.39. The molecule has 58 valence electrons. The third-order valence-corrected chi connectivity index (χ3v) is 1.39. The molecule has 1 unspecified atom stereocenters. The smallest absolute Gasteiger partial charge is 0.287 e. The highest BCUT2D eigenvalue weighted by atomic mass is 16.6. The summed E-state index contributed by atoms with van der Waals surface area (Å²) in [7, 11) is 0. The Morgan fingerprint density at radius 2 is 2.36 bits per heavy atom. The van der Waals surface area contributed by atoms with Gasteiger partial charge in [0.25, 0.3) is 0 Å². The predicted octanol–water partition coefficient (Wildman–Crippen LogP) is 0.189. The molecule has 0 saturated heterocycles. The van der Waals surface area contributed by atoms with E-state index in [9.17, 15) is 14.9 Å². The van der Waals surface area contributed by atoms with Crippen molar-refractivity contribution < 1.29 is 9.72 Å². The van der Waals surface area contributed by atoms with Crippen molar-refractivity contribution in [3.63, 3.8) is 0 Å². The molecule has 1 atom stereocenters. The number of nitro groups is 1. The first kappa shape index (κ1) is 7.59. The van der Waals surface area contributed by atoms with Crippen molar-refractivity contribution in [2.45, 2.75) is 13.0 Å². The van der Waals surface area contributed by atoms with Crippen molar-refractivity contribution in [1.29, 1.82) is 0 Å². The summed E-state index contributed by atoms with van der Waals surface area (Å²) in [5.74, 6) is -0.512. The van der Waals surface area contributed by atoms with Crippen molar-refractivity contribution in [3.05, 3.63) is 22.4 Å². The topological polar surface area (TPSA) is 72.6 Å². The van der Waals surface area contributed by atoms with Crippen molar-refractivity contribution >= 4 is 11.5 Å². The quantitative estimate of drug-likeness (QED) is 0.399. The molecule has 5 nitrogen and oxygen atoms in total. The van der Waals surface area contributed by atoms with Crippen molar-refractivity contribution in [3.8, 4) is 0 Å². The largest absolute Gasteiger partial charge is 0.311 e. The monoisotopic (exact) mass is 154 g/mol. The minimum absolute atomic E-state index is 0.238. The van der Waals surface area contributed by atoms with Gasteiger partial charge in [0.15, 0.2) is 0 Å². The van der Waals surface area contributed by atoms with E-state index in [1.54, 1.807) is 0 Å². The summed E-state index contributed by atoms with van der Waals surface area (Å²) in [5, 5.41) is 10.2. The zero-order valence-corrected chi connectivity index (χ0v) is 5.85. The number of rotatable bonds is 1. The van der Waals surface area contributed by atoms with Gasteiger partial charge >= 0.3 is 6.04 Å². The van der Waals surface area contributed by atoms with Crippen LogP contribution in [-0.4, -0.2) is 22.5 Å². The lowest BCUT2D eigenvalue weighted by Gasteiger charge is -2.06. The normalized spacial score (nSPS) is 23.2. The Kier molecular flexibility index (Phi) is 1.80. The van der Waals surface area contributed by atoms with Crippen LogP contribution in [0.15, 0.2) is 17.3 Å². The van der Waals surface area contributed by atoms with Crippen LogP contribution in [-0.2, 0) is 4.79 Å². The molecule has 1 aliphatic heterocycles. The van der Waals surface area contributed by atoms with Gasteiger partial charge in [-0.3, -0.25) is 19.9 Å². The van der Waals surface area contributed by atoms with E-state index in [0.717, 1.165) is 6.08 Å². The number of ketones is 1. The Morgan fingerprint density at radius 1 is 1.73 bits per heavy atom. The molecular weight excluding hydrogens is 148 g/mol. The molecule has 0 N–H and O–H groups in total. The van der Waals surface area contributed by atoms with Crippen molar-refractivity contribution in [1.82, 2.24) is 0 Å². The van der Waals surface area contributed by atoms with Gasteiger partial charge in [0.2, 0.25) is 5.78 Å². The molecule has 0 bridgehead atoms. The van der Waals surface area contributed by atoms with Crippen LogP contribution in [0.2, 0.25) is 0 Å². The Hall–Kier alpha value is -1.52. The van der Waals surface area contributed by atoms with E-state index in [1.807, 2.05) is 0 Å². The molecule has 0 radical (unpaired) electrons. The van der Waals surface area contributed by atoms with Crippen LogP contribution >= 0.6 is 0 Å². The summed E-state index contributed by atoms with van der Waals surface area (Å²) < 4.78 is 0. The molecule has 0 aromatic rings. The number of nitrogens with zero attached hydrogens (tertiary/aromatic N) is 2. The van der Waals surface area contributed by atoms with Gasteiger partial charge in [-0.15, -0.1) is 0 Å². The van der Waals surface area contributed by atoms with E-state index < -0.39 is 16.7 Å². The van der Waals surface area contributed by atoms with Crippen molar-refractivity contribution in [2.75, 3.05) is 0 Å². The minimum atomic E-state index is -1.26. The van der Waals surface area contributed by atoms with Crippen molar-refractivity contribution in [2.24, 2.45) is 4.99 Å². The maximum Gasteiger partial charge on any atom is 0.311 e. The lowest BCUT2D eigenvalue weighted by molar-refractivity contribution is -0.488. The Balaban J connectivity index is 2.95. The van der Waals surface area contributed by atoms with Crippen LogP contribution in [0.25, 0.3) is 0 Å². The second kappa shape index (κ2) is 2.61. The zero-order chi connectivity index (χ0) is 8.43. The highest BCUT2D eigenvalue weighted by Crippen LogP contribution is 2.03. The zero-order valence-electron chi connectivity index (χ0n) is 5.85. The fourth-order valence-electron chi connectivity index (χ4n) is 0.852. The molecule has 1 rings (SSSR count). The van der Waals surface area contributed by atoms with E-state index in [2.05, 4.69) is 4.99 Å². The molecule has 1 heterocycles. The van der Waals surface area contributed by atoms with E-state index in [0.29, 0.717) is 0 Å². The molecule has 1 aliphatic rings. The minimum Gasteiger partial charge on any atom is -0.287 e. The Morgan fingerprint density at radius 3 is 2.73 bits per heavy atom. The first-order valence-electron chi connectivity index (χ1n) is 3.01. The van der Waals surface area contributed by atoms with E-state index in [-0.39, 0.29) is 5.71 Å². The first-order chi connectivity index (χ1) is 5.13. The molecule has 0 aliphatic carbocycles. The molecule has 0 saturated carbocycles. The maximum absolute atomic E-state index is 10.8. The fraction of sp³-hybridized carbons (Fsp3) is 0.333.